The molecule has 0 N–H and O–H groups in total. The molecule has 0 aromatic rings. The Morgan fingerprint density at radius 2 is 1.93 bits per heavy atom. The minimum Gasteiger partial charge on any atom is -0.465 e. The largest absolute Gasteiger partial charge is 0.465 e. The molecule has 0 aliphatic heterocycles. The van der Waals surface area contributed by atoms with Crippen LogP contribution in [0.4, 0.5) is 0 Å². The predicted molar refractivity (Wildman–Crippen MR) is 56.4 cm³/mol. The molecule has 0 radical (unpaired) electrons. The fraction of sp³-hybridized carbons (Fsp3) is 0.750. The SMILES string of the molecule is CCOC(=O)C12C=CC(OC)(CC1)CC2. The summed E-state index contributed by atoms with van der Waals surface area (Å²) in [5, 5.41) is 0. The van der Waals surface area contributed by atoms with E-state index in [1.165, 1.54) is 0 Å². The lowest BCUT2D eigenvalue weighted by molar-refractivity contribution is -0.158. The lowest BCUT2D eigenvalue weighted by Gasteiger charge is -2.46. The van der Waals surface area contributed by atoms with E-state index in [2.05, 4.69) is 6.08 Å². The van der Waals surface area contributed by atoms with Crippen molar-refractivity contribution in [1.82, 2.24) is 0 Å². The highest BCUT2D eigenvalue weighted by molar-refractivity contribution is 5.80. The summed E-state index contributed by atoms with van der Waals surface area (Å²) in [5.41, 5.74) is -0.454. The molecular formula is C12H18O3. The average molecular weight is 210 g/mol. The van der Waals surface area contributed by atoms with E-state index in [0.29, 0.717) is 6.61 Å². The lowest BCUT2D eigenvalue weighted by Crippen LogP contribution is -2.47. The van der Waals surface area contributed by atoms with Crippen LogP contribution in [0.3, 0.4) is 0 Å². The number of esters is 1. The highest BCUT2D eigenvalue weighted by Gasteiger charge is 2.49. The highest BCUT2D eigenvalue weighted by Crippen LogP contribution is 2.49. The molecule has 84 valence electrons. The van der Waals surface area contributed by atoms with E-state index in [-0.39, 0.29) is 17.0 Å². The second-order valence-electron chi connectivity index (χ2n) is 4.48. The third-order valence-corrected chi connectivity index (χ3v) is 3.78. The Bertz CT molecular complexity index is 285. The van der Waals surface area contributed by atoms with Gasteiger partial charge in [-0.3, -0.25) is 4.79 Å². The summed E-state index contributed by atoms with van der Waals surface area (Å²) in [7, 11) is 1.74. The molecule has 1 fully saturated rings. The zero-order valence-electron chi connectivity index (χ0n) is 9.41. The van der Waals surface area contributed by atoms with E-state index in [9.17, 15) is 4.79 Å². The van der Waals surface area contributed by atoms with Gasteiger partial charge in [-0.1, -0.05) is 12.2 Å². The normalized spacial score (nSPS) is 38.0. The van der Waals surface area contributed by atoms with Gasteiger partial charge in [0.25, 0.3) is 0 Å². The standard InChI is InChI=1S/C12H18O3/c1-3-15-10(13)11-4-7-12(14-2,8-5-11)9-6-11/h4,7H,3,5-6,8-9H2,1-2H3. The van der Waals surface area contributed by atoms with Crippen molar-refractivity contribution in [2.45, 2.75) is 38.2 Å². The van der Waals surface area contributed by atoms with Gasteiger partial charge in [0.05, 0.1) is 17.6 Å². The molecule has 3 aliphatic rings. The van der Waals surface area contributed by atoms with Crippen LogP contribution in [-0.4, -0.2) is 25.3 Å². The fourth-order valence-corrected chi connectivity index (χ4v) is 2.58. The van der Waals surface area contributed by atoms with Gasteiger partial charge < -0.3 is 9.47 Å². The van der Waals surface area contributed by atoms with Gasteiger partial charge >= 0.3 is 5.97 Å². The summed E-state index contributed by atoms with van der Waals surface area (Å²) in [6.45, 7) is 2.31. The van der Waals surface area contributed by atoms with Crippen molar-refractivity contribution in [3.63, 3.8) is 0 Å². The molecule has 0 aromatic heterocycles. The number of hydrogen-bond donors (Lipinski definition) is 0. The molecule has 0 atom stereocenters. The second-order valence-corrected chi connectivity index (χ2v) is 4.48. The topological polar surface area (TPSA) is 35.5 Å². The summed E-state index contributed by atoms with van der Waals surface area (Å²) >= 11 is 0. The Morgan fingerprint density at radius 1 is 1.27 bits per heavy atom. The van der Waals surface area contributed by atoms with Gasteiger partial charge in [-0.15, -0.1) is 0 Å². The Labute approximate surface area is 90.4 Å². The van der Waals surface area contributed by atoms with Crippen molar-refractivity contribution in [3.8, 4) is 0 Å². The van der Waals surface area contributed by atoms with E-state index in [1.54, 1.807) is 7.11 Å². The van der Waals surface area contributed by atoms with E-state index in [1.807, 2.05) is 13.0 Å². The first-order valence-corrected chi connectivity index (χ1v) is 5.59. The number of hydrogen-bond acceptors (Lipinski definition) is 3. The smallest absolute Gasteiger partial charge is 0.315 e. The van der Waals surface area contributed by atoms with Crippen LogP contribution in [0.2, 0.25) is 0 Å². The van der Waals surface area contributed by atoms with Crippen molar-refractivity contribution in [2.24, 2.45) is 5.41 Å². The van der Waals surface area contributed by atoms with Gasteiger partial charge in [0.2, 0.25) is 0 Å². The summed E-state index contributed by atoms with van der Waals surface area (Å²) in [6, 6.07) is 0. The van der Waals surface area contributed by atoms with Gasteiger partial charge in [-0.2, -0.15) is 0 Å². The molecule has 3 nitrogen and oxygen atoms in total. The van der Waals surface area contributed by atoms with Crippen LogP contribution in [0.25, 0.3) is 0 Å². The molecule has 0 aromatic carbocycles. The molecule has 0 amide bonds. The van der Waals surface area contributed by atoms with E-state index in [0.717, 1.165) is 25.7 Å². The molecular weight excluding hydrogens is 192 g/mol. The third kappa shape index (κ3) is 1.59. The molecule has 3 heteroatoms. The lowest BCUT2D eigenvalue weighted by atomic mass is 9.63. The Kier molecular flexibility index (Phi) is 2.59. The van der Waals surface area contributed by atoms with Crippen molar-refractivity contribution >= 4 is 5.97 Å². The quantitative estimate of drug-likeness (QED) is 0.528. The van der Waals surface area contributed by atoms with Crippen LogP contribution in [0.1, 0.15) is 32.6 Å². The van der Waals surface area contributed by atoms with Crippen LogP contribution in [0.5, 0.6) is 0 Å². The van der Waals surface area contributed by atoms with Gasteiger partial charge in [0.15, 0.2) is 0 Å². The van der Waals surface area contributed by atoms with Gasteiger partial charge in [0.1, 0.15) is 0 Å². The first-order chi connectivity index (χ1) is 7.16. The fourth-order valence-electron chi connectivity index (χ4n) is 2.58. The zero-order chi connectivity index (χ0) is 10.9. The van der Waals surface area contributed by atoms with Gasteiger partial charge in [0, 0.05) is 7.11 Å². The average Bonchev–Trinajstić information content (AvgIpc) is 2.32. The zero-order valence-corrected chi connectivity index (χ0v) is 9.41. The maximum atomic E-state index is 11.9. The summed E-state index contributed by atoms with van der Waals surface area (Å²) in [5.74, 6) is -0.0642. The molecule has 0 unspecified atom stereocenters. The molecule has 3 rings (SSSR count). The number of methoxy groups -OCH3 is 1. The second kappa shape index (κ2) is 3.63. The van der Waals surface area contributed by atoms with Crippen molar-refractivity contribution in [3.05, 3.63) is 12.2 Å². The summed E-state index contributed by atoms with van der Waals surface area (Å²) in [6.07, 6.45) is 7.63. The molecule has 15 heavy (non-hydrogen) atoms. The Hall–Kier alpha value is -0.830. The third-order valence-electron chi connectivity index (χ3n) is 3.78. The van der Waals surface area contributed by atoms with E-state index >= 15 is 0 Å². The van der Waals surface area contributed by atoms with Crippen LogP contribution in [0, 0.1) is 5.41 Å². The molecule has 3 aliphatic carbocycles. The maximum absolute atomic E-state index is 11.9. The molecule has 2 bridgehead atoms. The van der Waals surface area contributed by atoms with Crippen LogP contribution in [0.15, 0.2) is 12.2 Å². The summed E-state index contributed by atoms with van der Waals surface area (Å²) < 4.78 is 10.6. The Balaban J connectivity index is 2.18. The van der Waals surface area contributed by atoms with Crippen LogP contribution >= 0.6 is 0 Å². The number of carbonyl (C=O) groups excluding carboxylic acids is 1. The first kappa shape index (κ1) is 10.7. The van der Waals surface area contributed by atoms with Crippen molar-refractivity contribution in [2.75, 3.05) is 13.7 Å². The van der Waals surface area contributed by atoms with E-state index < -0.39 is 0 Å². The maximum Gasteiger partial charge on any atom is 0.315 e. The molecule has 0 spiro atoms. The number of carbonyl (C=O) groups is 1. The number of rotatable bonds is 3. The van der Waals surface area contributed by atoms with Crippen molar-refractivity contribution < 1.29 is 14.3 Å². The monoisotopic (exact) mass is 210 g/mol. The first-order valence-electron chi connectivity index (χ1n) is 5.59. The highest BCUT2D eigenvalue weighted by atomic mass is 16.5. The predicted octanol–water partition coefficient (Wildman–Crippen LogP) is 2.06. The van der Waals surface area contributed by atoms with E-state index in [4.69, 9.17) is 9.47 Å². The Morgan fingerprint density at radius 3 is 2.33 bits per heavy atom. The molecule has 0 saturated heterocycles. The van der Waals surface area contributed by atoms with Gasteiger partial charge in [-0.25, -0.2) is 0 Å². The molecule has 1 saturated carbocycles. The van der Waals surface area contributed by atoms with Crippen molar-refractivity contribution in [1.29, 1.82) is 0 Å². The minimum absolute atomic E-state index is 0.0642. The summed E-state index contributed by atoms with van der Waals surface area (Å²) in [4.78, 5) is 11.9. The van der Waals surface area contributed by atoms with Crippen LogP contribution < -0.4 is 0 Å². The van der Waals surface area contributed by atoms with Crippen LogP contribution in [-0.2, 0) is 14.3 Å². The molecule has 0 heterocycles. The number of ether oxygens (including phenoxy) is 2. The van der Waals surface area contributed by atoms with Gasteiger partial charge in [-0.05, 0) is 32.6 Å². The number of fused-ring (bicyclic) bond motifs is 2. The minimum atomic E-state index is -0.351.